The molecule has 8 heteroatoms. The van der Waals surface area contributed by atoms with Crippen molar-refractivity contribution in [2.45, 2.75) is 47.9 Å². The number of sulfonamides is 1. The van der Waals surface area contributed by atoms with E-state index in [2.05, 4.69) is 21.0 Å². The van der Waals surface area contributed by atoms with Crippen LogP contribution in [0.5, 0.6) is 0 Å². The molecule has 3 aromatic rings. The fraction of sp³-hybridized carbons (Fsp3) is 0.321. The molecular weight excluding hydrogens is 490 g/mol. The first-order valence-electron chi connectivity index (χ1n) is 12.5. The van der Waals surface area contributed by atoms with Gasteiger partial charge in [0.25, 0.3) is 0 Å². The maximum absolute atomic E-state index is 13.8. The molecule has 1 saturated heterocycles. The molecule has 0 bridgehead atoms. The second-order valence-corrected chi connectivity index (χ2v) is 12.0. The standard InChI is InChI=1S/C28H31N3O3S2/c32-28(20-35-23-11-2-1-3-12-23)29-22-15-16-26(31-17-6-7-18-31)27(19-22)36(33,34)30-25-14-8-10-21-9-4-5-13-24(21)25/h1-5,9,11-13,15-16,19,25,30H,6-8,10,14,17-18,20H2,(H,29,32). The fourth-order valence-electron chi connectivity index (χ4n) is 5.02. The molecule has 1 unspecified atom stereocenters. The monoisotopic (exact) mass is 521 g/mol. The van der Waals surface area contributed by atoms with E-state index in [1.165, 1.54) is 17.3 Å². The van der Waals surface area contributed by atoms with Crippen molar-refractivity contribution in [3.8, 4) is 0 Å². The number of hydrogen-bond acceptors (Lipinski definition) is 5. The Morgan fingerprint density at radius 1 is 0.944 bits per heavy atom. The molecule has 0 saturated carbocycles. The molecule has 5 rings (SSSR count). The number of carbonyl (C=O) groups is 1. The van der Waals surface area contributed by atoms with Crippen molar-refractivity contribution in [2.75, 3.05) is 29.1 Å². The molecule has 6 nitrogen and oxygen atoms in total. The first kappa shape index (κ1) is 24.9. The highest BCUT2D eigenvalue weighted by atomic mass is 32.2. The van der Waals surface area contributed by atoms with Crippen LogP contribution in [0.1, 0.15) is 42.9 Å². The first-order chi connectivity index (χ1) is 17.5. The van der Waals surface area contributed by atoms with Crippen LogP contribution in [0.4, 0.5) is 11.4 Å². The third-order valence-corrected chi connectivity index (χ3v) is 9.27. The van der Waals surface area contributed by atoms with Gasteiger partial charge < -0.3 is 10.2 Å². The molecule has 2 aliphatic rings. The van der Waals surface area contributed by atoms with Crippen molar-refractivity contribution >= 4 is 39.1 Å². The Bertz CT molecular complexity index is 1320. The predicted octanol–water partition coefficient (Wildman–Crippen LogP) is 5.37. The van der Waals surface area contributed by atoms with E-state index in [9.17, 15) is 13.2 Å². The Morgan fingerprint density at radius 2 is 1.69 bits per heavy atom. The topological polar surface area (TPSA) is 78.5 Å². The number of amides is 1. The van der Waals surface area contributed by atoms with Gasteiger partial charge in [-0.05, 0) is 73.6 Å². The third kappa shape index (κ3) is 5.77. The summed E-state index contributed by atoms with van der Waals surface area (Å²) in [4.78, 5) is 16.0. The van der Waals surface area contributed by atoms with Crippen LogP contribution < -0.4 is 14.9 Å². The van der Waals surface area contributed by atoms with E-state index in [4.69, 9.17) is 0 Å². The van der Waals surface area contributed by atoms with Crippen LogP contribution >= 0.6 is 11.8 Å². The Labute approximate surface area is 217 Å². The minimum absolute atomic E-state index is 0.171. The van der Waals surface area contributed by atoms with E-state index in [1.807, 2.05) is 54.6 Å². The highest BCUT2D eigenvalue weighted by Crippen LogP contribution is 2.35. The second-order valence-electron chi connectivity index (χ2n) is 9.29. The van der Waals surface area contributed by atoms with E-state index in [0.29, 0.717) is 11.4 Å². The lowest BCUT2D eigenvalue weighted by Gasteiger charge is -2.28. The van der Waals surface area contributed by atoms with Crippen molar-refractivity contribution in [2.24, 2.45) is 0 Å². The lowest BCUT2D eigenvalue weighted by Crippen LogP contribution is -2.32. The maximum atomic E-state index is 13.8. The van der Waals surface area contributed by atoms with Gasteiger partial charge in [0.1, 0.15) is 4.90 Å². The van der Waals surface area contributed by atoms with Gasteiger partial charge in [-0.15, -0.1) is 11.8 Å². The quantitative estimate of drug-likeness (QED) is 0.390. The summed E-state index contributed by atoms with van der Waals surface area (Å²) in [6, 6.07) is 22.8. The molecule has 0 radical (unpaired) electrons. The van der Waals surface area contributed by atoms with E-state index in [0.717, 1.165) is 55.7 Å². The number of thioether (sulfide) groups is 1. The summed E-state index contributed by atoms with van der Waals surface area (Å²) in [5, 5.41) is 2.89. The number of aryl methyl sites for hydroxylation is 1. The molecule has 1 atom stereocenters. The molecule has 0 spiro atoms. The summed E-state index contributed by atoms with van der Waals surface area (Å²) in [6.07, 6.45) is 4.76. The summed E-state index contributed by atoms with van der Waals surface area (Å²) < 4.78 is 30.6. The molecule has 1 amide bonds. The Balaban J connectivity index is 1.38. The number of hydrogen-bond donors (Lipinski definition) is 2. The number of nitrogens with one attached hydrogen (secondary N) is 2. The van der Waals surface area contributed by atoms with Gasteiger partial charge in [0, 0.05) is 29.7 Å². The first-order valence-corrected chi connectivity index (χ1v) is 14.9. The Kier molecular flexibility index (Phi) is 7.65. The number of benzene rings is 3. The molecule has 36 heavy (non-hydrogen) atoms. The van der Waals surface area contributed by atoms with Crippen LogP contribution in [0, 0.1) is 0 Å². The molecular formula is C28H31N3O3S2. The van der Waals surface area contributed by atoms with Crippen molar-refractivity contribution in [3.05, 3.63) is 83.9 Å². The summed E-state index contributed by atoms with van der Waals surface area (Å²) in [5.41, 5.74) is 3.44. The van der Waals surface area contributed by atoms with Gasteiger partial charge in [-0.2, -0.15) is 0 Å². The Hall–Kier alpha value is -2.81. The minimum Gasteiger partial charge on any atom is -0.370 e. The molecule has 3 aromatic carbocycles. The van der Waals surface area contributed by atoms with Gasteiger partial charge in [0.2, 0.25) is 15.9 Å². The maximum Gasteiger partial charge on any atom is 0.243 e. The van der Waals surface area contributed by atoms with Crippen molar-refractivity contribution in [3.63, 3.8) is 0 Å². The predicted molar refractivity (Wildman–Crippen MR) is 146 cm³/mol. The number of fused-ring (bicyclic) bond motifs is 1. The molecule has 1 aliphatic carbocycles. The van der Waals surface area contributed by atoms with Gasteiger partial charge in [0.15, 0.2) is 0 Å². The van der Waals surface area contributed by atoms with Gasteiger partial charge >= 0.3 is 0 Å². The van der Waals surface area contributed by atoms with Crippen molar-refractivity contribution in [1.29, 1.82) is 0 Å². The van der Waals surface area contributed by atoms with Gasteiger partial charge in [-0.25, -0.2) is 13.1 Å². The SMILES string of the molecule is O=C(CSc1ccccc1)Nc1ccc(N2CCCC2)c(S(=O)(=O)NC2CCCc3ccccc32)c1. The summed E-state index contributed by atoms with van der Waals surface area (Å²) in [6.45, 7) is 1.66. The van der Waals surface area contributed by atoms with Crippen LogP contribution in [0.25, 0.3) is 0 Å². The van der Waals surface area contributed by atoms with E-state index < -0.39 is 10.0 Å². The number of nitrogens with zero attached hydrogens (tertiary/aromatic N) is 1. The minimum atomic E-state index is -3.83. The molecule has 1 fully saturated rings. The number of carbonyl (C=O) groups excluding carboxylic acids is 1. The largest absolute Gasteiger partial charge is 0.370 e. The molecule has 1 heterocycles. The zero-order valence-corrected chi connectivity index (χ0v) is 21.8. The average molecular weight is 522 g/mol. The molecule has 188 valence electrons. The smallest absolute Gasteiger partial charge is 0.243 e. The van der Waals surface area contributed by atoms with Crippen LogP contribution in [-0.2, 0) is 21.2 Å². The van der Waals surface area contributed by atoms with E-state index in [-0.39, 0.29) is 22.6 Å². The number of anilines is 2. The summed E-state index contributed by atoms with van der Waals surface area (Å²) >= 11 is 1.45. The zero-order chi connectivity index (χ0) is 25.0. The van der Waals surface area contributed by atoms with Gasteiger partial charge in [-0.1, -0.05) is 42.5 Å². The third-order valence-electron chi connectivity index (χ3n) is 6.76. The Morgan fingerprint density at radius 3 is 2.50 bits per heavy atom. The molecule has 2 N–H and O–H groups in total. The molecule has 1 aliphatic heterocycles. The van der Waals surface area contributed by atoms with Crippen LogP contribution in [0.2, 0.25) is 0 Å². The highest BCUT2D eigenvalue weighted by Gasteiger charge is 2.29. The van der Waals surface area contributed by atoms with Crippen molar-refractivity contribution in [1.82, 2.24) is 4.72 Å². The van der Waals surface area contributed by atoms with Crippen molar-refractivity contribution < 1.29 is 13.2 Å². The van der Waals surface area contributed by atoms with Gasteiger partial charge in [-0.3, -0.25) is 4.79 Å². The lowest BCUT2D eigenvalue weighted by molar-refractivity contribution is -0.113. The van der Waals surface area contributed by atoms with Crippen LogP contribution in [-0.4, -0.2) is 33.2 Å². The fourth-order valence-corrected chi connectivity index (χ4v) is 7.24. The summed E-state index contributed by atoms with van der Waals surface area (Å²) in [7, 11) is -3.83. The second kappa shape index (κ2) is 11.1. The normalized spacial score (nSPS) is 17.6. The summed E-state index contributed by atoms with van der Waals surface area (Å²) in [5.74, 6) is 0.0761. The van der Waals surface area contributed by atoms with E-state index >= 15 is 0 Å². The highest BCUT2D eigenvalue weighted by molar-refractivity contribution is 8.00. The van der Waals surface area contributed by atoms with Crippen LogP contribution in [0.15, 0.2) is 82.6 Å². The molecule has 0 aromatic heterocycles. The van der Waals surface area contributed by atoms with Crippen LogP contribution in [0.3, 0.4) is 0 Å². The van der Waals surface area contributed by atoms with E-state index in [1.54, 1.807) is 12.1 Å². The van der Waals surface area contributed by atoms with Gasteiger partial charge in [0.05, 0.1) is 11.4 Å². The lowest BCUT2D eigenvalue weighted by atomic mass is 9.88. The average Bonchev–Trinajstić information content (AvgIpc) is 3.43. The number of rotatable bonds is 8. The zero-order valence-electron chi connectivity index (χ0n) is 20.2.